The number of ether oxygens (including phenoxy) is 1. The minimum absolute atomic E-state index is 0.0510. The topological polar surface area (TPSA) is 105 Å². The summed E-state index contributed by atoms with van der Waals surface area (Å²) in [5.41, 5.74) is 1.10. The molecule has 8 nitrogen and oxygen atoms in total. The molecule has 1 aliphatic heterocycles. The summed E-state index contributed by atoms with van der Waals surface area (Å²) in [4.78, 5) is 25.4. The number of benzene rings is 2. The molecular formula is C21H25N3O5S. The molecule has 1 atom stereocenters. The molecule has 0 aliphatic carbocycles. The SMILES string of the molecule is CC(C)NC(=O)c1ccccc1NC(=O)[C@H]1CCN(S(C)(=O)=O)c2ccccc2O1. The summed E-state index contributed by atoms with van der Waals surface area (Å²) in [6, 6.07) is 13.3. The number of hydrogen-bond donors (Lipinski definition) is 2. The van der Waals surface area contributed by atoms with E-state index in [-0.39, 0.29) is 24.9 Å². The molecule has 3 rings (SSSR count). The molecule has 0 aromatic heterocycles. The lowest BCUT2D eigenvalue weighted by Gasteiger charge is -2.20. The van der Waals surface area contributed by atoms with Crippen LogP contribution in [0.5, 0.6) is 5.75 Å². The standard InChI is InChI=1S/C21H25N3O5S/c1-14(2)22-20(25)15-8-4-5-9-16(15)23-21(26)19-12-13-24(30(3,27)28)17-10-6-7-11-18(17)29-19/h4-11,14,19H,12-13H2,1-3H3,(H,22,25)(H,23,26)/t19-/m1/s1. The van der Waals surface area contributed by atoms with Crippen molar-refractivity contribution in [2.45, 2.75) is 32.4 Å². The van der Waals surface area contributed by atoms with Crippen molar-refractivity contribution in [3.63, 3.8) is 0 Å². The maximum Gasteiger partial charge on any atom is 0.265 e. The van der Waals surface area contributed by atoms with Gasteiger partial charge in [-0.2, -0.15) is 0 Å². The van der Waals surface area contributed by atoms with Crippen molar-refractivity contribution in [3.05, 3.63) is 54.1 Å². The van der Waals surface area contributed by atoms with Crippen molar-refractivity contribution in [1.82, 2.24) is 5.32 Å². The predicted octanol–water partition coefficient (Wildman–Crippen LogP) is 2.38. The molecule has 0 unspecified atom stereocenters. The van der Waals surface area contributed by atoms with Crippen molar-refractivity contribution < 1.29 is 22.7 Å². The third kappa shape index (κ3) is 4.91. The van der Waals surface area contributed by atoms with E-state index in [2.05, 4.69) is 10.6 Å². The number of anilines is 2. The van der Waals surface area contributed by atoms with Gasteiger partial charge in [0.25, 0.3) is 11.8 Å². The maximum atomic E-state index is 12.9. The van der Waals surface area contributed by atoms with E-state index in [0.717, 1.165) is 6.26 Å². The zero-order valence-corrected chi connectivity index (χ0v) is 17.9. The van der Waals surface area contributed by atoms with Crippen LogP contribution in [-0.4, -0.2) is 45.2 Å². The highest BCUT2D eigenvalue weighted by Crippen LogP contribution is 2.34. The van der Waals surface area contributed by atoms with E-state index in [1.54, 1.807) is 48.5 Å². The van der Waals surface area contributed by atoms with Crippen molar-refractivity contribution in [1.29, 1.82) is 0 Å². The van der Waals surface area contributed by atoms with Crippen molar-refractivity contribution in [2.24, 2.45) is 0 Å². The number of carbonyl (C=O) groups is 2. The van der Waals surface area contributed by atoms with Gasteiger partial charge in [0.2, 0.25) is 10.0 Å². The Morgan fingerprint density at radius 2 is 1.77 bits per heavy atom. The first-order valence-corrected chi connectivity index (χ1v) is 11.5. The van der Waals surface area contributed by atoms with Gasteiger partial charge in [0.15, 0.2) is 6.10 Å². The Morgan fingerprint density at radius 1 is 1.10 bits per heavy atom. The molecule has 2 amide bonds. The first-order valence-electron chi connectivity index (χ1n) is 9.61. The monoisotopic (exact) mass is 431 g/mol. The van der Waals surface area contributed by atoms with Gasteiger partial charge in [0.1, 0.15) is 5.75 Å². The molecule has 160 valence electrons. The zero-order chi connectivity index (χ0) is 21.9. The first-order chi connectivity index (χ1) is 14.2. The molecule has 0 saturated carbocycles. The summed E-state index contributed by atoms with van der Waals surface area (Å²) in [5, 5.41) is 5.56. The summed E-state index contributed by atoms with van der Waals surface area (Å²) in [7, 11) is -3.53. The second-order valence-electron chi connectivity index (χ2n) is 7.36. The second-order valence-corrected chi connectivity index (χ2v) is 9.27. The number of nitrogens with one attached hydrogen (secondary N) is 2. The Morgan fingerprint density at radius 3 is 2.47 bits per heavy atom. The third-order valence-corrected chi connectivity index (χ3v) is 5.72. The number of rotatable bonds is 5. The predicted molar refractivity (Wildman–Crippen MR) is 115 cm³/mol. The summed E-state index contributed by atoms with van der Waals surface area (Å²) in [5.74, 6) is -0.437. The highest BCUT2D eigenvalue weighted by Gasteiger charge is 2.31. The second kappa shape index (κ2) is 8.74. The van der Waals surface area contributed by atoms with E-state index >= 15 is 0 Å². The van der Waals surface area contributed by atoms with Crippen LogP contribution < -0.4 is 19.7 Å². The average molecular weight is 432 g/mol. The van der Waals surface area contributed by atoms with Gasteiger partial charge in [-0.25, -0.2) is 8.42 Å². The minimum atomic E-state index is -3.53. The Kier molecular flexibility index (Phi) is 6.31. The highest BCUT2D eigenvalue weighted by molar-refractivity contribution is 7.92. The van der Waals surface area contributed by atoms with E-state index in [1.807, 2.05) is 13.8 Å². The third-order valence-electron chi connectivity index (χ3n) is 4.54. The van der Waals surface area contributed by atoms with Gasteiger partial charge < -0.3 is 15.4 Å². The van der Waals surface area contributed by atoms with Crippen LogP contribution in [0.1, 0.15) is 30.6 Å². The van der Waals surface area contributed by atoms with Crippen LogP contribution in [-0.2, 0) is 14.8 Å². The molecule has 2 N–H and O–H groups in total. The fraction of sp³-hybridized carbons (Fsp3) is 0.333. The number of amides is 2. The zero-order valence-electron chi connectivity index (χ0n) is 17.1. The Balaban J connectivity index is 1.84. The first kappa shape index (κ1) is 21.6. The molecular weight excluding hydrogens is 406 g/mol. The molecule has 0 spiro atoms. The van der Waals surface area contributed by atoms with Crippen LogP contribution in [0.15, 0.2) is 48.5 Å². The van der Waals surface area contributed by atoms with Gasteiger partial charge in [-0.3, -0.25) is 13.9 Å². The van der Waals surface area contributed by atoms with Crippen LogP contribution in [0.4, 0.5) is 11.4 Å². The van der Waals surface area contributed by atoms with Gasteiger partial charge in [-0.1, -0.05) is 24.3 Å². The normalized spacial score (nSPS) is 16.3. The van der Waals surface area contributed by atoms with E-state index in [1.165, 1.54) is 4.31 Å². The molecule has 0 saturated heterocycles. The number of fused-ring (bicyclic) bond motifs is 1. The van der Waals surface area contributed by atoms with Crippen LogP contribution in [0, 0.1) is 0 Å². The highest BCUT2D eigenvalue weighted by atomic mass is 32.2. The van der Waals surface area contributed by atoms with Crippen LogP contribution in [0.25, 0.3) is 0 Å². The van der Waals surface area contributed by atoms with Gasteiger partial charge >= 0.3 is 0 Å². The van der Waals surface area contributed by atoms with E-state index in [9.17, 15) is 18.0 Å². The fourth-order valence-electron chi connectivity index (χ4n) is 3.20. The molecule has 1 heterocycles. The van der Waals surface area contributed by atoms with E-state index < -0.39 is 22.0 Å². The number of nitrogens with zero attached hydrogens (tertiary/aromatic N) is 1. The number of carbonyl (C=O) groups excluding carboxylic acids is 2. The summed E-state index contributed by atoms with van der Waals surface area (Å²) < 4.78 is 31.5. The minimum Gasteiger partial charge on any atom is -0.478 e. The summed E-state index contributed by atoms with van der Waals surface area (Å²) in [6.07, 6.45) is 0.362. The number of para-hydroxylation sites is 3. The largest absolute Gasteiger partial charge is 0.478 e. The molecule has 0 bridgehead atoms. The molecule has 0 radical (unpaired) electrons. The number of hydrogen-bond acceptors (Lipinski definition) is 5. The number of sulfonamides is 1. The quantitative estimate of drug-likeness (QED) is 0.756. The summed E-state index contributed by atoms with van der Waals surface area (Å²) >= 11 is 0. The van der Waals surface area contributed by atoms with Gasteiger partial charge in [-0.05, 0) is 38.1 Å². The molecule has 0 fully saturated rings. The van der Waals surface area contributed by atoms with Crippen molar-refractivity contribution >= 4 is 33.2 Å². The summed E-state index contributed by atoms with van der Waals surface area (Å²) in [6.45, 7) is 3.80. The average Bonchev–Trinajstić information content (AvgIpc) is 2.87. The van der Waals surface area contributed by atoms with Crippen LogP contribution in [0.3, 0.4) is 0 Å². The van der Waals surface area contributed by atoms with Crippen LogP contribution >= 0.6 is 0 Å². The van der Waals surface area contributed by atoms with E-state index in [4.69, 9.17) is 4.74 Å². The van der Waals surface area contributed by atoms with Gasteiger partial charge in [0, 0.05) is 19.0 Å². The van der Waals surface area contributed by atoms with Gasteiger partial charge in [0.05, 0.1) is 23.2 Å². The Hall–Kier alpha value is -3.07. The van der Waals surface area contributed by atoms with Crippen molar-refractivity contribution in [3.8, 4) is 5.75 Å². The van der Waals surface area contributed by atoms with Crippen LogP contribution in [0.2, 0.25) is 0 Å². The fourth-order valence-corrected chi connectivity index (χ4v) is 4.15. The maximum absolute atomic E-state index is 12.9. The van der Waals surface area contributed by atoms with Crippen molar-refractivity contribution in [2.75, 3.05) is 22.4 Å². The lowest BCUT2D eigenvalue weighted by molar-refractivity contribution is -0.122. The lowest BCUT2D eigenvalue weighted by Crippen LogP contribution is -2.36. The molecule has 2 aromatic rings. The lowest BCUT2D eigenvalue weighted by atomic mass is 10.1. The van der Waals surface area contributed by atoms with Gasteiger partial charge in [-0.15, -0.1) is 0 Å². The smallest absolute Gasteiger partial charge is 0.265 e. The van der Waals surface area contributed by atoms with E-state index in [0.29, 0.717) is 22.7 Å². The Labute approximate surface area is 176 Å². The molecule has 1 aliphatic rings. The molecule has 9 heteroatoms. The molecule has 2 aromatic carbocycles. The Bertz CT molecular complexity index is 1050. The molecule has 30 heavy (non-hydrogen) atoms.